The normalized spacial score (nSPS) is 21.9. The number of aromatic nitrogens is 1. The molecule has 0 aliphatic carbocycles. The molecule has 1 aromatic carbocycles. The van der Waals surface area contributed by atoms with Crippen molar-refractivity contribution in [3.63, 3.8) is 0 Å². The third kappa shape index (κ3) is 2.90. The first-order valence-corrected chi connectivity index (χ1v) is 7.26. The number of hydrogen-bond donors (Lipinski definition) is 2. The van der Waals surface area contributed by atoms with E-state index in [2.05, 4.69) is 10.3 Å². The van der Waals surface area contributed by atoms with Crippen LogP contribution in [0, 0.1) is 5.82 Å². The number of carbonyl (C=O) groups excluding carboxylic acids is 1. The van der Waals surface area contributed by atoms with Gasteiger partial charge >= 0.3 is 0 Å². The summed E-state index contributed by atoms with van der Waals surface area (Å²) in [5, 5.41) is 13.3. The van der Waals surface area contributed by atoms with Gasteiger partial charge in [0.1, 0.15) is 23.3 Å². The van der Waals surface area contributed by atoms with Crippen molar-refractivity contribution in [3.8, 4) is 5.75 Å². The Kier molecular flexibility index (Phi) is 3.77. The fourth-order valence-corrected chi connectivity index (χ4v) is 2.62. The molecule has 1 unspecified atom stereocenters. The van der Waals surface area contributed by atoms with E-state index in [1.165, 1.54) is 24.3 Å². The van der Waals surface area contributed by atoms with Crippen molar-refractivity contribution < 1.29 is 19.0 Å². The van der Waals surface area contributed by atoms with Crippen LogP contribution in [0.5, 0.6) is 5.75 Å². The van der Waals surface area contributed by atoms with E-state index in [1.807, 2.05) is 0 Å². The van der Waals surface area contributed by atoms with Crippen molar-refractivity contribution in [2.24, 2.45) is 0 Å². The first-order chi connectivity index (χ1) is 10.9. The lowest BCUT2D eigenvalue weighted by molar-refractivity contribution is -0.0629. The predicted molar refractivity (Wildman–Crippen MR) is 81.6 cm³/mol. The Morgan fingerprint density at radius 1 is 1.30 bits per heavy atom. The van der Waals surface area contributed by atoms with Crippen LogP contribution in [0.4, 0.5) is 4.39 Å². The first-order valence-electron chi connectivity index (χ1n) is 7.26. The highest BCUT2D eigenvalue weighted by Crippen LogP contribution is 2.39. The molecule has 0 saturated carbocycles. The third-order valence-corrected chi connectivity index (χ3v) is 3.94. The van der Waals surface area contributed by atoms with Crippen LogP contribution in [-0.2, 0) is 0 Å². The Morgan fingerprint density at radius 3 is 2.70 bits per heavy atom. The second-order valence-electron chi connectivity index (χ2n) is 6.02. The Morgan fingerprint density at radius 2 is 2.00 bits per heavy atom. The third-order valence-electron chi connectivity index (χ3n) is 3.94. The number of hydrogen-bond acceptors (Lipinski definition) is 4. The fraction of sp³-hybridized carbons (Fsp3) is 0.294. The zero-order chi connectivity index (χ0) is 16.6. The van der Waals surface area contributed by atoms with E-state index < -0.39 is 29.5 Å². The number of benzene rings is 1. The number of ether oxygens (including phenoxy) is 1. The molecule has 0 radical (unpaired) electrons. The zero-order valence-electron chi connectivity index (χ0n) is 12.8. The topological polar surface area (TPSA) is 71.5 Å². The largest absolute Gasteiger partial charge is 0.485 e. The molecular weight excluding hydrogens is 299 g/mol. The highest BCUT2D eigenvalue weighted by molar-refractivity contribution is 5.94. The lowest BCUT2D eigenvalue weighted by atomic mass is 9.87. The summed E-state index contributed by atoms with van der Waals surface area (Å²) in [6.45, 7) is 3.50. The molecule has 2 aromatic rings. The Hall–Kier alpha value is -2.47. The van der Waals surface area contributed by atoms with Crippen LogP contribution in [0.2, 0.25) is 0 Å². The zero-order valence-corrected chi connectivity index (χ0v) is 12.8. The molecule has 1 amide bonds. The molecule has 1 aromatic heterocycles. The molecule has 120 valence electrons. The van der Waals surface area contributed by atoms with Gasteiger partial charge in [0.05, 0.1) is 6.04 Å². The van der Waals surface area contributed by atoms with Gasteiger partial charge in [-0.2, -0.15) is 0 Å². The summed E-state index contributed by atoms with van der Waals surface area (Å²) < 4.78 is 18.7. The smallest absolute Gasteiger partial charge is 0.251 e. The molecule has 6 heteroatoms. The van der Waals surface area contributed by atoms with E-state index in [1.54, 1.807) is 32.3 Å². The SMILES string of the molecule is CC1(C)Oc2ccncc2C(NC(=O)c2ccc(F)cc2)[C@@H]1O. The minimum atomic E-state index is -0.955. The summed E-state index contributed by atoms with van der Waals surface area (Å²) in [6.07, 6.45) is 2.19. The number of aliphatic hydroxyl groups is 1. The molecular formula is C17H17FN2O3. The van der Waals surface area contributed by atoms with Gasteiger partial charge in [-0.15, -0.1) is 0 Å². The maximum atomic E-state index is 13.0. The van der Waals surface area contributed by atoms with E-state index in [0.717, 1.165) is 0 Å². The van der Waals surface area contributed by atoms with E-state index >= 15 is 0 Å². The van der Waals surface area contributed by atoms with Crippen molar-refractivity contribution in [1.82, 2.24) is 10.3 Å². The number of nitrogens with one attached hydrogen (secondary N) is 1. The number of nitrogens with zero attached hydrogens (tertiary/aromatic N) is 1. The van der Waals surface area contributed by atoms with Gasteiger partial charge in [0, 0.05) is 23.5 Å². The Balaban J connectivity index is 1.91. The second kappa shape index (κ2) is 5.62. The molecule has 2 atom stereocenters. The van der Waals surface area contributed by atoms with Crippen molar-refractivity contribution in [1.29, 1.82) is 0 Å². The molecule has 23 heavy (non-hydrogen) atoms. The number of rotatable bonds is 2. The number of pyridine rings is 1. The van der Waals surface area contributed by atoms with Gasteiger partial charge in [-0.25, -0.2) is 4.39 Å². The standard InChI is InChI=1S/C17H17FN2O3/c1-17(2)15(21)14(12-9-19-8-7-13(12)23-17)20-16(22)10-3-5-11(18)6-4-10/h3-9,14-15,21H,1-2H3,(H,20,22)/t14?,15-/m0/s1. The number of halogens is 1. The maximum absolute atomic E-state index is 13.0. The maximum Gasteiger partial charge on any atom is 0.251 e. The lowest BCUT2D eigenvalue weighted by Gasteiger charge is -2.42. The van der Waals surface area contributed by atoms with Crippen LogP contribution in [0.1, 0.15) is 35.8 Å². The number of aliphatic hydroxyl groups excluding tert-OH is 1. The molecule has 3 rings (SSSR count). The van der Waals surface area contributed by atoms with Crippen molar-refractivity contribution in [3.05, 3.63) is 59.7 Å². The molecule has 1 aliphatic heterocycles. The summed E-state index contributed by atoms with van der Waals surface area (Å²) in [5.74, 6) is -0.246. The summed E-state index contributed by atoms with van der Waals surface area (Å²) in [4.78, 5) is 16.4. The quantitative estimate of drug-likeness (QED) is 0.891. The van der Waals surface area contributed by atoms with Crippen molar-refractivity contribution >= 4 is 5.91 Å². The minimum absolute atomic E-state index is 0.313. The summed E-state index contributed by atoms with van der Waals surface area (Å²) in [7, 11) is 0. The minimum Gasteiger partial charge on any atom is -0.485 e. The summed E-state index contributed by atoms with van der Waals surface area (Å²) in [6, 6.07) is 6.25. The van der Waals surface area contributed by atoms with Crippen molar-refractivity contribution in [2.45, 2.75) is 31.6 Å². The monoisotopic (exact) mass is 316 g/mol. The van der Waals surface area contributed by atoms with E-state index in [9.17, 15) is 14.3 Å². The highest BCUT2D eigenvalue weighted by atomic mass is 19.1. The lowest BCUT2D eigenvalue weighted by Crippen LogP contribution is -2.53. The average Bonchev–Trinajstić information content (AvgIpc) is 2.52. The summed E-state index contributed by atoms with van der Waals surface area (Å²) >= 11 is 0. The molecule has 0 bridgehead atoms. The van der Waals surface area contributed by atoms with E-state index in [0.29, 0.717) is 16.9 Å². The molecule has 0 fully saturated rings. The predicted octanol–water partition coefficient (Wildman–Crippen LogP) is 2.22. The number of fused-ring (bicyclic) bond motifs is 1. The van der Waals surface area contributed by atoms with Crippen LogP contribution in [0.25, 0.3) is 0 Å². The first kappa shape index (κ1) is 15.4. The Bertz CT molecular complexity index is 731. The van der Waals surface area contributed by atoms with Crippen LogP contribution in [-0.4, -0.2) is 27.7 Å². The second-order valence-corrected chi connectivity index (χ2v) is 6.02. The molecule has 2 N–H and O–H groups in total. The van der Waals surface area contributed by atoms with Gasteiger partial charge in [0.2, 0.25) is 0 Å². The summed E-state index contributed by atoms with van der Waals surface area (Å²) in [5.41, 5.74) is 0.0536. The van der Waals surface area contributed by atoms with Gasteiger partial charge in [-0.3, -0.25) is 9.78 Å². The molecule has 1 aliphatic rings. The highest BCUT2D eigenvalue weighted by Gasteiger charge is 2.43. The molecule has 0 saturated heterocycles. The van der Waals surface area contributed by atoms with Gasteiger partial charge < -0.3 is 15.2 Å². The fourth-order valence-electron chi connectivity index (χ4n) is 2.62. The van der Waals surface area contributed by atoms with E-state index in [-0.39, 0.29) is 0 Å². The van der Waals surface area contributed by atoms with Crippen molar-refractivity contribution in [2.75, 3.05) is 0 Å². The number of carbonyl (C=O) groups is 1. The molecule has 0 spiro atoms. The van der Waals surface area contributed by atoms with Gasteiger partial charge in [-0.05, 0) is 44.2 Å². The van der Waals surface area contributed by atoms with E-state index in [4.69, 9.17) is 4.74 Å². The molecule has 2 heterocycles. The molecule has 5 nitrogen and oxygen atoms in total. The van der Waals surface area contributed by atoms with Crippen LogP contribution < -0.4 is 10.1 Å². The van der Waals surface area contributed by atoms with Crippen LogP contribution >= 0.6 is 0 Å². The van der Waals surface area contributed by atoms with Gasteiger partial charge in [-0.1, -0.05) is 0 Å². The van der Waals surface area contributed by atoms with Gasteiger partial charge in [0.25, 0.3) is 5.91 Å². The Labute approximate surface area is 133 Å². The number of amides is 1. The average molecular weight is 316 g/mol. The van der Waals surface area contributed by atoms with Crippen LogP contribution in [0.15, 0.2) is 42.7 Å². The van der Waals surface area contributed by atoms with Crippen LogP contribution in [0.3, 0.4) is 0 Å². The van der Waals surface area contributed by atoms with Gasteiger partial charge in [0.15, 0.2) is 0 Å².